The van der Waals surface area contributed by atoms with Gasteiger partial charge >= 0.3 is 0 Å². The van der Waals surface area contributed by atoms with Gasteiger partial charge in [0.15, 0.2) is 22.5 Å². The highest BCUT2D eigenvalue weighted by atomic mass is 32.2. The van der Waals surface area contributed by atoms with E-state index in [0.29, 0.717) is 29.9 Å². The van der Waals surface area contributed by atoms with Crippen molar-refractivity contribution in [3.63, 3.8) is 0 Å². The summed E-state index contributed by atoms with van der Waals surface area (Å²) in [5.74, 6) is 2.28. The molecule has 1 N–H and O–H groups in total. The number of fused-ring (bicyclic) bond motifs is 2. The highest BCUT2D eigenvalue weighted by Gasteiger charge is 2.17. The summed E-state index contributed by atoms with van der Waals surface area (Å²) in [7, 11) is 1.88. The van der Waals surface area contributed by atoms with Gasteiger partial charge in [0.1, 0.15) is 13.2 Å². The van der Waals surface area contributed by atoms with Gasteiger partial charge in [-0.1, -0.05) is 42.1 Å². The van der Waals surface area contributed by atoms with Crippen LogP contribution in [0.5, 0.6) is 11.5 Å². The minimum absolute atomic E-state index is 0.0934. The molecule has 1 amide bonds. The number of anilines is 1. The van der Waals surface area contributed by atoms with Crippen LogP contribution >= 0.6 is 11.8 Å². The molecule has 8 heteroatoms. The lowest BCUT2D eigenvalue weighted by Gasteiger charge is -2.18. The SMILES string of the molecule is Cn1c(SCC(=O)Nc2ccc3ccccc3c2)nnc1-c1ccc2c(c1)OCCO2. The first-order valence-electron chi connectivity index (χ1n) is 9.88. The van der Waals surface area contributed by atoms with Crippen LogP contribution in [0.25, 0.3) is 22.2 Å². The lowest BCUT2D eigenvalue weighted by atomic mass is 10.1. The minimum atomic E-state index is -0.0934. The third-order valence-electron chi connectivity index (χ3n) is 5.00. The molecule has 1 aliphatic rings. The van der Waals surface area contributed by atoms with Crippen molar-refractivity contribution in [2.45, 2.75) is 5.16 Å². The third kappa shape index (κ3) is 4.06. The van der Waals surface area contributed by atoms with E-state index in [-0.39, 0.29) is 11.7 Å². The van der Waals surface area contributed by atoms with Crippen molar-refractivity contribution in [3.8, 4) is 22.9 Å². The Morgan fingerprint density at radius 3 is 2.68 bits per heavy atom. The summed E-state index contributed by atoms with van der Waals surface area (Å²) in [5, 5.41) is 14.4. The molecule has 1 aromatic heterocycles. The summed E-state index contributed by atoms with van der Waals surface area (Å²) >= 11 is 1.34. The van der Waals surface area contributed by atoms with Gasteiger partial charge in [0.05, 0.1) is 5.75 Å². The van der Waals surface area contributed by atoms with Gasteiger partial charge < -0.3 is 19.4 Å². The van der Waals surface area contributed by atoms with Crippen molar-refractivity contribution in [1.29, 1.82) is 0 Å². The first-order valence-corrected chi connectivity index (χ1v) is 10.9. The maximum atomic E-state index is 12.5. The van der Waals surface area contributed by atoms with Gasteiger partial charge in [-0.05, 0) is 41.1 Å². The standard InChI is InChI=1S/C23H20N4O3S/c1-27-22(17-7-9-19-20(13-17)30-11-10-29-19)25-26-23(27)31-14-21(28)24-18-8-6-15-4-2-3-5-16(15)12-18/h2-9,12-13H,10-11,14H2,1H3,(H,24,28). The van der Waals surface area contributed by atoms with Crippen LogP contribution < -0.4 is 14.8 Å². The number of rotatable bonds is 5. The number of nitrogens with zero attached hydrogens (tertiary/aromatic N) is 3. The maximum absolute atomic E-state index is 12.5. The molecule has 0 saturated heterocycles. The van der Waals surface area contributed by atoms with Crippen molar-refractivity contribution in [2.24, 2.45) is 7.05 Å². The van der Waals surface area contributed by atoms with Crippen LogP contribution in [-0.4, -0.2) is 39.6 Å². The Kier molecular flexibility index (Phi) is 5.21. The van der Waals surface area contributed by atoms with Crippen LogP contribution in [0.3, 0.4) is 0 Å². The lowest BCUT2D eigenvalue weighted by Crippen LogP contribution is -2.15. The summed E-state index contributed by atoms with van der Waals surface area (Å²) in [6, 6.07) is 19.6. The Hall–Kier alpha value is -3.52. The van der Waals surface area contributed by atoms with Gasteiger partial charge in [0, 0.05) is 18.3 Å². The molecule has 0 saturated carbocycles. The lowest BCUT2D eigenvalue weighted by molar-refractivity contribution is -0.113. The molecule has 3 aromatic carbocycles. The Morgan fingerprint density at radius 1 is 1.00 bits per heavy atom. The van der Waals surface area contributed by atoms with E-state index in [1.165, 1.54) is 11.8 Å². The zero-order chi connectivity index (χ0) is 21.2. The molecule has 0 atom stereocenters. The summed E-state index contributed by atoms with van der Waals surface area (Å²) < 4.78 is 13.1. The summed E-state index contributed by atoms with van der Waals surface area (Å²) in [6.45, 7) is 1.08. The molecule has 0 spiro atoms. The van der Waals surface area contributed by atoms with Crippen LogP contribution in [0, 0.1) is 0 Å². The second-order valence-electron chi connectivity index (χ2n) is 7.12. The van der Waals surface area contributed by atoms with Crippen molar-refractivity contribution < 1.29 is 14.3 Å². The van der Waals surface area contributed by atoms with Crippen LogP contribution in [0.2, 0.25) is 0 Å². The quantitative estimate of drug-likeness (QED) is 0.478. The van der Waals surface area contributed by atoms with E-state index >= 15 is 0 Å². The first kappa shape index (κ1) is 19.4. The molecule has 31 heavy (non-hydrogen) atoms. The molecule has 7 nitrogen and oxygen atoms in total. The molecule has 5 rings (SSSR count). The third-order valence-corrected chi connectivity index (χ3v) is 6.02. The van der Waals surface area contributed by atoms with E-state index in [1.807, 2.05) is 72.3 Å². The average Bonchev–Trinajstić information content (AvgIpc) is 3.17. The summed E-state index contributed by atoms with van der Waals surface area (Å²) in [6.07, 6.45) is 0. The number of ether oxygens (including phenoxy) is 2. The molecule has 0 bridgehead atoms. The molecule has 1 aliphatic heterocycles. The number of benzene rings is 3. The smallest absolute Gasteiger partial charge is 0.234 e. The van der Waals surface area contributed by atoms with Crippen LogP contribution in [0.1, 0.15) is 0 Å². The number of carbonyl (C=O) groups excluding carboxylic acids is 1. The number of hydrogen-bond acceptors (Lipinski definition) is 6. The Labute approximate surface area is 183 Å². The Balaban J connectivity index is 1.25. The van der Waals surface area contributed by atoms with E-state index in [4.69, 9.17) is 9.47 Å². The molecule has 156 valence electrons. The molecular formula is C23H20N4O3S. The second kappa shape index (κ2) is 8.31. The van der Waals surface area contributed by atoms with Crippen molar-refractivity contribution in [1.82, 2.24) is 14.8 Å². The van der Waals surface area contributed by atoms with E-state index in [1.54, 1.807) is 0 Å². The number of nitrogens with one attached hydrogen (secondary N) is 1. The van der Waals surface area contributed by atoms with E-state index in [0.717, 1.165) is 27.8 Å². The van der Waals surface area contributed by atoms with Gasteiger partial charge in [-0.3, -0.25) is 4.79 Å². The molecule has 0 aliphatic carbocycles. The Bertz CT molecular complexity index is 1270. The number of amides is 1. The molecule has 2 heterocycles. The van der Waals surface area contributed by atoms with Crippen molar-refractivity contribution >= 4 is 34.1 Å². The fraction of sp³-hybridized carbons (Fsp3) is 0.174. The topological polar surface area (TPSA) is 78.3 Å². The normalized spacial score (nSPS) is 12.7. The molecular weight excluding hydrogens is 412 g/mol. The van der Waals surface area contributed by atoms with Crippen molar-refractivity contribution in [2.75, 3.05) is 24.3 Å². The number of aromatic nitrogens is 3. The number of hydrogen-bond donors (Lipinski definition) is 1. The number of thioether (sulfide) groups is 1. The molecule has 0 unspecified atom stereocenters. The Morgan fingerprint density at radius 2 is 1.81 bits per heavy atom. The zero-order valence-corrected chi connectivity index (χ0v) is 17.7. The predicted octanol–water partition coefficient (Wildman–Crippen LogP) is 4.14. The second-order valence-corrected chi connectivity index (χ2v) is 8.06. The molecule has 0 fully saturated rings. The van der Waals surface area contributed by atoms with Gasteiger partial charge in [-0.2, -0.15) is 0 Å². The highest BCUT2D eigenvalue weighted by molar-refractivity contribution is 7.99. The maximum Gasteiger partial charge on any atom is 0.234 e. The fourth-order valence-electron chi connectivity index (χ4n) is 3.47. The molecule has 4 aromatic rings. The minimum Gasteiger partial charge on any atom is -0.486 e. The zero-order valence-electron chi connectivity index (χ0n) is 16.9. The largest absolute Gasteiger partial charge is 0.486 e. The number of carbonyl (C=O) groups is 1. The van der Waals surface area contributed by atoms with Gasteiger partial charge in [0.2, 0.25) is 5.91 Å². The predicted molar refractivity (Wildman–Crippen MR) is 121 cm³/mol. The summed E-state index contributed by atoms with van der Waals surface area (Å²) in [5.41, 5.74) is 1.66. The van der Waals surface area contributed by atoms with Crippen LogP contribution in [0.4, 0.5) is 5.69 Å². The van der Waals surface area contributed by atoms with Gasteiger partial charge in [0.25, 0.3) is 0 Å². The van der Waals surface area contributed by atoms with Crippen LogP contribution in [-0.2, 0) is 11.8 Å². The van der Waals surface area contributed by atoms with E-state index < -0.39 is 0 Å². The monoisotopic (exact) mass is 432 g/mol. The molecule has 0 radical (unpaired) electrons. The average molecular weight is 433 g/mol. The van der Waals surface area contributed by atoms with E-state index in [2.05, 4.69) is 15.5 Å². The summed E-state index contributed by atoms with van der Waals surface area (Å²) in [4.78, 5) is 12.5. The van der Waals surface area contributed by atoms with Crippen LogP contribution in [0.15, 0.2) is 65.8 Å². The fourth-order valence-corrected chi connectivity index (χ4v) is 4.18. The van der Waals surface area contributed by atoms with E-state index in [9.17, 15) is 4.79 Å². The van der Waals surface area contributed by atoms with Crippen molar-refractivity contribution in [3.05, 3.63) is 60.7 Å². The highest BCUT2D eigenvalue weighted by Crippen LogP contribution is 2.34. The van der Waals surface area contributed by atoms with Gasteiger partial charge in [-0.25, -0.2) is 0 Å². The first-order chi connectivity index (χ1) is 15.2. The van der Waals surface area contributed by atoms with Gasteiger partial charge in [-0.15, -0.1) is 10.2 Å².